The maximum absolute atomic E-state index is 12.8. The fourth-order valence-corrected chi connectivity index (χ4v) is 1.47. The molecule has 0 saturated carbocycles. The molecule has 0 saturated heterocycles. The van der Waals surface area contributed by atoms with Crippen molar-refractivity contribution in [2.45, 2.75) is 38.5 Å². The molecule has 5 heteroatoms. The highest BCUT2D eigenvalue weighted by Crippen LogP contribution is 2.42. The monoisotopic (exact) mass is 262 g/mol. The van der Waals surface area contributed by atoms with Gasteiger partial charge in [-0.25, -0.2) is 0 Å². The van der Waals surface area contributed by atoms with E-state index in [2.05, 4.69) is 0 Å². The molecule has 0 aliphatic rings. The molecular weight excluding hydrogens is 245 g/mol. The van der Waals surface area contributed by atoms with Crippen LogP contribution in [0.2, 0.25) is 0 Å². The van der Waals surface area contributed by atoms with E-state index in [9.17, 15) is 18.3 Å². The summed E-state index contributed by atoms with van der Waals surface area (Å²) in [7, 11) is 0. The number of benzene rings is 1. The van der Waals surface area contributed by atoms with Gasteiger partial charge in [0.15, 0.2) is 5.60 Å². The van der Waals surface area contributed by atoms with Crippen molar-refractivity contribution in [3.63, 3.8) is 0 Å². The van der Waals surface area contributed by atoms with Gasteiger partial charge < -0.3 is 9.84 Å². The lowest BCUT2D eigenvalue weighted by Crippen LogP contribution is -2.39. The Morgan fingerprint density at radius 2 is 1.83 bits per heavy atom. The second-order valence-corrected chi connectivity index (χ2v) is 4.27. The van der Waals surface area contributed by atoms with Crippen molar-refractivity contribution in [3.05, 3.63) is 29.8 Å². The van der Waals surface area contributed by atoms with Crippen LogP contribution in [0, 0.1) is 0 Å². The highest BCUT2D eigenvalue weighted by molar-refractivity contribution is 5.38. The number of hydrogen-bond acceptors (Lipinski definition) is 2. The summed E-state index contributed by atoms with van der Waals surface area (Å²) in [5.74, 6) is 0.0771. The fourth-order valence-electron chi connectivity index (χ4n) is 1.47. The largest absolute Gasteiger partial charge is 0.493 e. The van der Waals surface area contributed by atoms with Gasteiger partial charge in [-0.05, 0) is 19.4 Å². The number of aliphatic hydroxyl groups is 1. The Balaban J connectivity index is 3.01. The van der Waals surface area contributed by atoms with Crippen molar-refractivity contribution in [1.29, 1.82) is 0 Å². The molecule has 1 rings (SSSR count). The molecule has 0 bridgehead atoms. The van der Waals surface area contributed by atoms with Gasteiger partial charge in [-0.2, -0.15) is 13.2 Å². The summed E-state index contributed by atoms with van der Waals surface area (Å²) in [6, 6.07) is 5.69. The Labute approximate surface area is 104 Å². The first-order chi connectivity index (χ1) is 8.30. The minimum Gasteiger partial charge on any atom is -0.493 e. The Bertz CT molecular complexity index is 386. The molecule has 2 nitrogen and oxygen atoms in total. The summed E-state index contributed by atoms with van der Waals surface area (Å²) >= 11 is 0. The molecule has 0 aliphatic heterocycles. The van der Waals surface area contributed by atoms with E-state index in [0.717, 1.165) is 19.8 Å². The van der Waals surface area contributed by atoms with Gasteiger partial charge in [0.25, 0.3) is 0 Å². The predicted octanol–water partition coefficient (Wildman–Crippen LogP) is 3.64. The minimum absolute atomic E-state index is 0.0771. The minimum atomic E-state index is -4.74. The first-order valence-corrected chi connectivity index (χ1v) is 5.82. The first-order valence-electron chi connectivity index (χ1n) is 5.82. The molecule has 1 atom stereocenters. The van der Waals surface area contributed by atoms with Gasteiger partial charge in [-0.1, -0.05) is 31.5 Å². The van der Waals surface area contributed by atoms with E-state index in [1.807, 2.05) is 6.92 Å². The maximum Gasteiger partial charge on any atom is 0.421 e. The van der Waals surface area contributed by atoms with E-state index >= 15 is 0 Å². The molecule has 0 heterocycles. The van der Waals surface area contributed by atoms with Gasteiger partial charge >= 0.3 is 6.18 Å². The molecule has 102 valence electrons. The smallest absolute Gasteiger partial charge is 0.421 e. The summed E-state index contributed by atoms with van der Waals surface area (Å²) < 4.78 is 43.6. The number of rotatable bonds is 5. The third-order valence-corrected chi connectivity index (χ3v) is 2.72. The highest BCUT2D eigenvalue weighted by Gasteiger charge is 2.52. The molecule has 1 aromatic rings. The van der Waals surface area contributed by atoms with Gasteiger partial charge in [0.1, 0.15) is 5.75 Å². The van der Waals surface area contributed by atoms with E-state index in [-0.39, 0.29) is 11.3 Å². The lowest BCUT2D eigenvalue weighted by molar-refractivity contribution is -0.259. The van der Waals surface area contributed by atoms with Crippen molar-refractivity contribution >= 4 is 0 Å². The van der Waals surface area contributed by atoms with E-state index in [1.54, 1.807) is 6.07 Å². The number of hydrogen-bond donors (Lipinski definition) is 1. The summed E-state index contributed by atoms with van der Waals surface area (Å²) in [5.41, 5.74) is -3.16. The van der Waals surface area contributed by atoms with Gasteiger partial charge in [-0.15, -0.1) is 0 Å². The number of alkyl halides is 3. The van der Waals surface area contributed by atoms with E-state index < -0.39 is 11.8 Å². The Morgan fingerprint density at radius 1 is 1.22 bits per heavy atom. The van der Waals surface area contributed by atoms with E-state index in [4.69, 9.17) is 4.74 Å². The standard InChI is InChI=1S/C13H17F3O2/c1-3-4-9-18-11-8-6-5-7-10(11)12(2,17)13(14,15)16/h5-8,17H,3-4,9H2,1-2H3. The van der Waals surface area contributed by atoms with Crippen molar-refractivity contribution in [1.82, 2.24) is 0 Å². The molecule has 1 unspecified atom stereocenters. The number of para-hydroxylation sites is 1. The summed E-state index contributed by atoms with van der Waals surface area (Å²) in [5, 5.41) is 9.65. The lowest BCUT2D eigenvalue weighted by atomic mass is 9.94. The van der Waals surface area contributed by atoms with Gasteiger partial charge in [0.05, 0.1) is 6.61 Å². The third kappa shape index (κ3) is 3.16. The summed E-state index contributed by atoms with van der Waals surface area (Å²) in [4.78, 5) is 0. The van der Waals surface area contributed by atoms with Crippen LogP contribution < -0.4 is 4.74 Å². The average Bonchev–Trinajstić information content (AvgIpc) is 2.28. The molecule has 18 heavy (non-hydrogen) atoms. The average molecular weight is 262 g/mol. The van der Waals surface area contributed by atoms with Crippen LogP contribution in [0.1, 0.15) is 32.3 Å². The Morgan fingerprint density at radius 3 is 2.39 bits per heavy atom. The zero-order valence-electron chi connectivity index (χ0n) is 10.4. The van der Waals surface area contributed by atoms with Crippen LogP contribution in [0.3, 0.4) is 0 Å². The molecule has 1 aromatic carbocycles. The third-order valence-electron chi connectivity index (χ3n) is 2.72. The van der Waals surface area contributed by atoms with Gasteiger partial charge in [0.2, 0.25) is 0 Å². The predicted molar refractivity (Wildman–Crippen MR) is 62.5 cm³/mol. The van der Waals surface area contributed by atoms with Gasteiger partial charge in [-0.3, -0.25) is 0 Å². The summed E-state index contributed by atoms with van der Waals surface area (Å²) in [6.07, 6.45) is -3.10. The zero-order chi connectivity index (χ0) is 13.8. The number of unbranched alkanes of at least 4 members (excludes halogenated alkanes) is 1. The second-order valence-electron chi connectivity index (χ2n) is 4.27. The van der Waals surface area contributed by atoms with Crippen molar-refractivity contribution in [2.75, 3.05) is 6.61 Å². The van der Waals surface area contributed by atoms with Crippen molar-refractivity contribution in [3.8, 4) is 5.75 Å². The summed E-state index contributed by atoms with van der Waals surface area (Å²) in [6.45, 7) is 3.03. The number of halogens is 3. The normalized spacial score (nSPS) is 15.2. The van der Waals surface area contributed by atoms with Crippen LogP contribution in [0.4, 0.5) is 13.2 Å². The molecule has 0 amide bonds. The molecular formula is C13H17F3O2. The van der Waals surface area contributed by atoms with Crippen LogP contribution >= 0.6 is 0 Å². The topological polar surface area (TPSA) is 29.5 Å². The molecule has 0 aromatic heterocycles. The van der Waals surface area contributed by atoms with E-state index in [1.165, 1.54) is 18.2 Å². The Kier molecular flexibility index (Phi) is 4.62. The van der Waals surface area contributed by atoms with Crippen molar-refractivity contribution < 1.29 is 23.0 Å². The number of ether oxygens (including phenoxy) is 1. The lowest BCUT2D eigenvalue weighted by Gasteiger charge is -2.28. The molecule has 0 spiro atoms. The molecule has 0 fully saturated rings. The Hall–Kier alpha value is -1.23. The maximum atomic E-state index is 12.8. The van der Waals surface area contributed by atoms with Crippen molar-refractivity contribution in [2.24, 2.45) is 0 Å². The van der Waals surface area contributed by atoms with Crippen LogP contribution in [-0.2, 0) is 5.60 Å². The SMILES string of the molecule is CCCCOc1ccccc1C(C)(O)C(F)(F)F. The highest BCUT2D eigenvalue weighted by atomic mass is 19.4. The first kappa shape index (κ1) is 14.8. The second kappa shape index (κ2) is 5.61. The van der Waals surface area contributed by atoms with Crippen LogP contribution in [0.25, 0.3) is 0 Å². The zero-order valence-corrected chi connectivity index (χ0v) is 10.4. The van der Waals surface area contributed by atoms with Crippen LogP contribution in [0.15, 0.2) is 24.3 Å². The molecule has 0 aliphatic carbocycles. The van der Waals surface area contributed by atoms with Crippen LogP contribution in [-0.4, -0.2) is 17.9 Å². The quantitative estimate of drug-likeness (QED) is 0.821. The molecule has 1 N–H and O–H groups in total. The van der Waals surface area contributed by atoms with E-state index in [0.29, 0.717) is 6.61 Å². The van der Waals surface area contributed by atoms with Crippen LogP contribution in [0.5, 0.6) is 5.75 Å². The van der Waals surface area contributed by atoms with Gasteiger partial charge in [0, 0.05) is 5.56 Å². The molecule has 0 radical (unpaired) electrons. The fraction of sp³-hybridized carbons (Fsp3) is 0.538.